The smallest absolute Gasteiger partial charge is 0.225 e. The lowest BCUT2D eigenvalue weighted by molar-refractivity contribution is 1.15. The van der Waals surface area contributed by atoms with Gasteiger partial charge >= 0.3 is 0 Å². The topological polar surface area (TPSA) is 37.8 Å². The van der Waals surface area contributed by atoms with Crippen LogP contribution in [0.5, 0.6) is 0 Å². The Balaban J connectivity index is 2.34. The third-order valence-electron chi connectivity index (χ3n) is 2.09. The van der Waals surface area contributed by atoms with E-state index < -0.39 is 0 Å². The summed E-state index contributed by atoms with van der Waals surface area (Å²) in [6.07, 6.45) is 2.08. The van der Waals surface area contributed by atoms with E-state index in [1.165, 1.54) is 4.88 Å². The molecule has 0 aliphatic rings. The van der Waals surface area contributed by atoms with Gasteiger partial charge in [-0.25, -0.2) is 9.97 Å². The molecule has 2 heterocycles. The van der Waals surface area contributed by atoms with E-state index in [0.717, 1.165) is 28.3 Å². The van der Waals surface area contributed by atoms with Gasteiger partial charge in [0.2, 0.25) is 5.28 Å². The fourth-order valence-electron chi connectivity index (χ4n) is 1.42. The molecule has 0 fully saturated rings. The first-order valence-electron chi connectivity index (χ1n) is 4.87. The minimum Gasteiger partial charge on any atom is -0.369 e. The summed E-state index contributed by atoms with van der Waals surface area (Å²) in [6, 6.07) is 2.09. The van der Waals surface area contributed by atoms with Crippen LogP contribution in [0.4, 0.5) is 5.82 Å². The molecule has 2 rings (SSSR count). The number of hydrogen-bond donors (Lipinski definition) is 1. The molecule has 0 atom stereocenters. The minimum absolute atomic E-state index is 0.306. The standard InChI is InChI=1S/C10H12ClN3S2/c1-6-5-7-8(12-3-4-15-2)13-10(11)14-9(7)16-6/h5H,3-4H2,1-2H3,(H,12,13,14). The van der Waals surface area contributed by atoms with E-state index in [-0.39, 0.29) is 0 Å². The summed E-state index contributed by atoms with van der Waals surface area (Å²) in [7, 11) is 0. The number of fused-ring (bicyclic) bond motifs is 1. The SMILES string of the molecule is CSCCNc1nc(Cl)nc2sc(C)cc12. The van der Waals surface area contributed by atoms with E-state index in [4.69, 9.17) is 11.6 Å². The third kappa shape index (κ3) is 2.59. The molecule has 0 unspecified atom stereocenters. The zero-order chi connectivity index (χ0) is 11.5. The maximum Gasteiger partial charge on any atom is 0.225 e. The summed E-state index contributed by atoms with van der Waals surface area (Å²) in [5, 5.41) is 4.66. The van der Waals surface area contributed by atoms with E-state index in [1.807, 2.05) is 0 Å². The number of thiophene rings is 1. The first kappa shape index (κ1) is 12.0. The molecule has 0 saturated carbocycles. The maximum absolute atomic E-state index is 5.89. The lowest BCUT2D eigenvalue weighted by atomic mass is 10.3. The zero-order valence-corrected chi connectivity index (χ0v) is 11.5. The van der Waals surface area contributed by atoms with Crippen molar-refractivity contribution < 1.29 is 0 Å². The average molecular weight is 274 g/mol. The second-order valence-electron chi connectivity index (χ2n) is 3.34. The normalized spacial score (nSPS) is 10.9. The summed E-state index contributed by atoms with van der Waals surface area (Å²) in [5.41, 5.74) is 0. The van der Waals surface area contributed by atoms with Crippen molar-refractivity contribution >= 4 is 50.7 Å². The molecule has 86 valence electrons. The monoisotopic (exact) mass is 273 g/mol. The number of halogens is 1. The Morgan fingerprint density at radius 2 is 2.31 bits per heavy atom. The average Bonchev–Trinajstić information content (AvgIpc) is 2.58. The molecule has 2 aromatic rings. The number of nitrogens with one attached hydrogen (secondary N) is 1. The van der Waals surface area contributed by atoms with Gasteiger partial charge in [0.25, 0.3) is 0 Å². The molecule has 0 aromatic carbocycles. The van der Waals surface area contributed by atoms with Crippen LogP contribution >= 0.6 is 34.7 Å². The largest absolute Gasteiger partial charge is 0.369 e. The van der Waals surface area contributed by atoms with Crippen molar-refractivity contribution in [3.8, 4) is 0 Å². The van der Waals surface area contributed by atoms with Crippen molar-refractivity contribution in [2.75, 3.05) is 23.9 Å². The molecular weight excluding hydrogens is 262 g/mol. The van der Waals surface area contributed by atoms with Crippen LogP contribution < -0.4 is 5.32 Å². The van der Waals surface area contributed by atoms with Crippen molar-refractivity contribution in [3.63, 3.8) is 0 Å². The summed E-state index contributed by atoms with van der Waals surface area (Å²) in [4.78, 5) is 10.6. The van der Waals surface area contributed by atoms with Crippen LogP contribution in [0.2, 0.25) is 5.28 Å². The van der Waals surface area contributed by atoms with Crippen molar-refractivity contribution in [2.24, 2.45) is 0 Å². The highest BCUT2D eigenvalue weighted by Crippen LogP contribution is 2.29. The second kappa shape index (κ2) is 5.21. The van der Waals surface area contributed by atoms with E-state index in [9.17, 15) is 0 Å². The molecular formula is C10H12ClN3S2. The molecule has 0 bridgehead atoms. The van der Waals surface area contributed by atoms with Crippen LogP contribution in [0.1, 0.15) is 4.88 Å². The van der Waals surface area contributed by atoms with Crippen LogP contribution in [0, 0.1) is 6.92 Å². The Morgan fingerprint density at radius 1 is 1.50 bits per heavy atom. The molecule has 0 aliphatic heterocycles. The van der Waals surface area contributed by atoms with Gasteiger partial charge in [-0.2, -0.15) is 11.8 Å². The van der Waals surface area contributed by atoms with Gasteiger partial charge in [-0.3, -0.25) is 0 Å². The summed E-state index contributed by atoms with van der Waals surface area (Å²) in [6.45, 7) is 2.95. The van der Waals surface area contributed by atoms with Crippen LogP contribution in [0.15, 0.2) is 6.07 Å². The molecule has 0 amide bonds. The summed E-state index contributed by atoms with van der Waals surface area (Å²) >= 11 is 9.32. The van der Waals surface area contributed by atoms with Gasteiger partial charge in [0.05, 0.1) is 5.39 Å². The Bertz CT molecular complexity index is 498. The fraction of sp³-hybridized carbons (Fsp3) is 0.400. The summed E-state index contributed by atoms with van der Waals surface area (Å²) < 4.78 is 0. The number of thioether (sulfide) groups is 1. The van der Waals surface area contributed by atoms with Crippen molar-refractivity contribution in [1.82, 2.24) is 9.97 Å². The lowest BCUT2D eigenvalue weighted by Crippen LogP contribution is -2.06. The van der Waals surface area contributed by atoms with Crippen molar-refractivity contribution in [3.05, 3.63) is 16.2 Å². The van der Waals surface area contributed by atoms with Crippen molar-refractivity contribution in [1.29, 1.82) is 0 Å². The molecule has 3 nitrogen and oxygen atoms in total. The summed E-state index contributed by atoms with van der Waals surface area (Å²) in [5.74, 6) is 1.89. The molecule has 0 saturated heterocycles. The highest BCUT2D eigenvalue weighted by molar-refractivity contribution is 7.98. The van der Waals surface area contributed by atoms with Gasteiger partial charge in [-0.15, -0.1) is 11.3 Å². The quantitative estimate of drug-likeness (QED) is 0.684. The zero-order valence-electron chi connectivity index (χ0n) is 9.08. The van der Waals surface area contributed by atoms with Crippen LogP contribution in [0.3, 0.4) is 0 Å². The minimum atomic E-state index is 0.306. The van der Waals surface area contributed by atoms with Gasteiger partial charge in [-0.05, 0) is 30.8 Å². The van der Waals surface area contributed by atoms with Gasteiger partial charge in [-0.1, -0.05) is 0 Å². The maximum atomic E-state index is 5.89. The second-order valence-corrected chi connectivity index (χ2v) is 5.90. The van der Waals surface area contributed by atoms with Crippen LogP contribution in [-0.4, -0.2) is 28.5 Å². The first-order chi connectivity index (χ1) is 7.70. The molecule has 0 spiro atoms. The number of hydrogen-bond acceptors (Lipinski definition) is 5. The third-order valence-corrected chi connectivity index (χ3v) is 3.81. The Morgan fingerprint density at radius 3 is 3.06 bits per heavy atom. The molecule has 2 aromatic heterocycles. The first-order valence-corrected chi connectivity index (χ1v) is 7.46. The Kier molecular flexibility index (Phi) is 3.89. The van der Waals surface area contributed by atoms with Gasteiger partial charge in [0.1, 0.15) is 10.6 Å². The Labute approximate surface area is 108 Å². The lowest BCUT2D eigenvalue weighted by Gasteiger charge is -2.05. The van der Waals surface area contributed by atoms with Crippen molar-refractivity contribution in [2.45, 2.75) is 6.92 Å². The van der Waals surface area contributed by atoms with Gasteiger partial charge < -0.3 is 5.32 Å². The molecule has 16 heavy (non-hydrogen) atoms. The number of rotatable bonds is 4. The van der Waals surface area contributed by atoms with Gasteiger partial charge in [0, 0.05) is 17.2 Å². The Hall–Kier alpha value is -0.520. The molecule has 0 radical (unpaired) electrons. The fourth-order valence-corrected chi connectivity index (χ4v) is 2.83. The van der Waals surface area contributed by atoms with Crippen LogP contribution in [-0.2, 0) is 0 Å². The molecule has 6 heteroatoms. The number of aromatic nitrogens is 2. The molecule has 0 aliphatic carbocycles. The number of aryl methyl sites for hydroxylation is 1. The van der Waals surface area contributed by atoms with E-state index in [2.05, 4.69) is 34.5 Å². The molecule has 1 N–H and O–H groups in total. The number of nitrogens with zero attached hydrogens (tertiary/aromatic N) is 2. The predicted octanol–water partition coefficient (Wildman–Crippen LogP) is 3.43. The van der Waals surface area contributed by atoms with Crippen LogP contribution in [0.25, 0.3) is 10.2 Å². The van der Waals surface area contributed by atoms with E-state index >= 15 is 0 Å². The van der Waals surface area contributed by atoms with E-state index in [1.54, 1.807) is 23.1 Å². The highest BCUT2D eigenvalue weighted by atomic mass is 35.5. The predicted molar refractivity (Wildman–Crippen MR) is 74.0 cm³/mol. The van der Waals surface area contributed by atoms with E-state index in [0.29, 0.717) is 5.28 Å². The number of anilines is 1. The highest BCUT2D eigenvalue weighted by Gasteiger charge is 2.08. The van der Waals surface area contributed by atoms with Gasteiger partial charge in [0.15, 0.2) is 0 Å².